The zero-order valence-corrected chi connectivity index (χ0v) is 17.7. The monoisotopic (exact) mass is 492 g/mol. The maximum Gasteiger partial charge on any atom is 0.294 e. The van der Waals surface area contributed by atoms with Gasteiger partial charge in [0.1, 0.15) is 5.75 Å². The van der Waals surface area contributed by atoms with E-state index in [1.54, 1.807) is 0 Å². The van der Waals surface area contributed by atoms with Crippen molar-refractivity contribution in [2.24, 2.45) is 0 Å². The van der Waals surface area contributed by atoms with Crippen molar-refractivity contribution < 1.29 is 44.0 Å². The van der Waals surface area contributed by atoms with Crippen LogP contribution in [0, 0.1) is 0 Å². The molecule has 0 spiro atoms. The third-order valence-electron chi connectivity index (χ3n) is 3.78. The molecule has 0 fully saturated rings. The summed E-state index contributed by atoms with van der Waals surface area (Å²) in [5.41, 5.74) is 11.1. The molecular formula is C16H16N2O10S3. The average molecular weight is 493 g/mol. The molecule has 31 heavy (non-hydrogen) atoms. The topological polar surface area (TPSA) is 235 Å². The standard InChI is InChI=1S/C10H9NO7S2.C6H7NO3S/c11-8-3-6(19(13,14)15)1-5-2-7(20(16,17)18)4-9(12)10(5)8;7-5-1-3-6(4-2-5)11(8,9)10/h1-4,12H,11H2,(H,13,14,15)(H,16,17,18);1-4H,7H2,(H,8,9,10). The molecule has 0 saturated carbocycles. The summed E-state index contributed by atoms with van der Waals surface area (Å²) in [6, 6.07) is 8.85. The molecule has 0 aliphatic rings. The highest BCUT2D eigenvalue weighted by molar-refractivity contribution is 7.86. The summed E-state index contributed by atoms with van der Waals surface area (Å²) in [5.74, 6) is -0.547. The van der Waals surface area contributed by atoms with E-state index in [0.29, 0.717) is 5.69 Å². The third kappa shape index (κ3) is 6.03. The SMILES string of the molecule is Nc1cc(S(=O)(=O)O)cc2cc(S(=O)(=O)O)cc(O)c12.Nc1ccc(S(=O)(=O)O)cc1. The Morgan fingerprint density at radius 3 is 1.45 bits per heavy atom. The lowest BCUT2D eigenvalue weighted by atomic mass is 10.1. The van der Waals surface area contributed by atoms with Gasteiger partial charge < -0.3 is 16.6 Å². The minimum Gasteiger partial charge on any atom is -0.507 e. The number of aromatic hydroxyl groups is 1. The van der Waals surface area contributed by atoms with Crippen LogP contribution in [-0.4, -0.2) is 44.0 Å². The Hall–Kier alpha value is -2.95. The van der Waals surface area contributed by atoms with Gasteiger partial charge >= 0.3 is 0 Å². The first-order valence-electron chi connectivity index (χ1n) is 7.84. The van der Waals surface area contributed by atoms with Crippen molar-refractivity contribution in [2.45, 2.75) is 14.7 Å². The smallest absolute Gasteiger partial charge is 0.294 e. The van der Waals surface area contributed by atoms with Crippen molar-refractivity contribution in [1.82, 2.24) is 0 Å². The maximum absolute atomic E-state index is 11.1. The van der Waals surface area contributed by atoms with E-state index in [4.69, 9.17) is 25.1 Å². The van der Waals surface area contributed by atoms with Crippen LogP contribution < -0.4 is 11.5 Å². The van der Waals surface area contributed by atoms with Crippen molar-refractivity contribution in [1.29, 1.82) is 0 Å². The number of anilines is 2. The van der Waals surface area contributed by atoms with Gasteiger partial charge in [0.25, 0.3) is 30.4 Å². The van der Waals surface area contributed by atoms with Crippen LogP contribution in [0.15, 0.2) is 63.2 Å². The molecule has 168 valence electrons. The molecule has 12 nitrogen and oxygen atoms in total. The zero-order valence-electron chi connectivity index (χ0n) is 15.2. The van der Waals surface area contributed by atoms with E-state index in [1.807, 2.05) is 0 Å². The van der Waals surface area contributed by atoms with Crippen LogP contribution in [0.2, 0.25) is 0 Å². The van der Waals surface area contributed by atoms with E-state index in [9.17, 15) is 30.4 Å². The summed E-state index contributed by atoms with van der Waals surface area (Å²) >= 11 is 0. The second-order valence-corrected chi connectivity index (χ2v) is 10.3. The van der Waals surface area contributed by atoms with Gasteiger partial charge in [-0.15, -0.1) is 0 Å². The summed E-state index contributed by atoms with van der Waals surface area (Å²) in [6.45, 7) is 0. The van der Waals surface area contributed by atoms with Crippen LogP contribution in [0.1, 0.15) is 0 Å². The van der Waals surface area contributed by atoms with Gasteiger partial charge in [-0.2, -0.15) is 25.3 Å². The van der Waals surface area contributed by atoms with E-state index in [0.717, 1.165) is 24.3 Å². The summed E-state index contributed by atoms with van der Waals surface area (Å²) in [5, 5.41) is 9.66. The van der Waals surface area contributed by atoms with Crippen molar-refractivity contribution in [3.05, 3.63) is 48.5 Å². The molecule has 0 aliphatic heterocycles. The summed E-state index contributed by atoms with van der Waals surface area (Å²) in [7, 11) is -13.2. The molecule has 0 heterocycles. The first-order valence-corrected chi connectivity index (χ1v) is 12.2. The molecule has 8 N–H and O–H groups in total. The number of phenols is 1. The molecule has 0 amide bonds. The molecule has 3 aromatic carbocycles. The minimum atomic E-state index is -4.59. The third-order valence-corrected chi connectivity index (χ3v) is 6.31. The van der Waals surface area contributed by atoms with Gasteiger partial charge in [0.15, 0.2) is 0 Å². The van der Waals surface area contributed by atoms with Crippen LogP contribution in [0.4, 0.5) is 11.4 Å². The molecule has 0 saturated heterocycles. The Kier molecular flexibility index (Phi) is 6.51. The molecular weight excluding hydrogens is 476 g/mol. The number of fused-ring (bicyclic) bond motifs is 1. The summed E-state index contributed by atoms with van der Waals surface area (Å²) in [4.78, 5) is -1.34. The maximum atomic E-state index is 11.1. The Labute approximate surface area is 177 Å². The molecule has 0 unspecified atom stereocenters. The number of phenolic OH excluding ortho intramolecular Hbond substituents is 1. The molecule has 0 atom stereocenters. The van der Waals surface area contributed by atoms with Crippen LogP contribution >= 0.6 is 0 Å². The summed E-state index contributed by atoms with van der Waals surface area (Å²) in [6.07, 6.45) is 0. The van der Waals surface area contributed by atoms with Gasteiger partial charge in [-0.25, -0.2) is 0 Å². The Bertz CT molecular complexity index is 1390. The normalized spacial score (nSPS) is 12.2. The molecule has 0 radical (unpaired) electrons. The van der Waals surface area contributed by atoms with Gasteiger partial charge in [0.05, 0.1) is 14.7 Å². The fourth-order valence-corrected chi connectivity index (χ4v) is 3.98. The second kappa shape index (κ2) is 8.29. The first-order chi connectivity index (χ1) is 14.0. The Balaban J connectivity index is 0.000000262. The number of hydrogen-bond donors (Lipinski definition) is 6. The molecule has 0 aromatic heterocycles. The lowest BCUT2D eigenvalue weighted by Gasteiger charge is -2.08. The van der Waals surface area contributed by atoms with Gasteiger partial charge in [0, 0.05) is 22.8 Å². The minimum absolute atomic E-state index is 0.00444. The Morgan fingerprint density at radius 1 is 0.613 bits per heavy atom. The number of rotatable bonds is 3. The molecule has 0 bridgehead atoms. The number of benzene rings is 3. The van der Waals surface area contributed by atoms with E-state index in [2.05, 4.69) is 0 Å². The largest absolute Gasteiger partial charge is 0.507 e. The van der Waals surface area contributed by atoms with Crippen molar-refractivity contribution in [3.8, 4) is 5.75 Å². The highest BCUT2D eigenvalue weighted by Crippen LogP contribution is 2.34. The lowest BCUT2D eigenvalue weighted by molar-refractivity contribution is 0.471. The molecule has 0 aliphatic carbocycles. The van der Waals surface area contributed by atoms with E-state index in [-0.39, 0.29) is 21.4 Å². The molecule has 15 heteroatoms. The van der Waals surface area contributed by atoms with Crippen LogP contribution in [0.25, 0.3) is 10.8 Å². The fourth-order valence-electron chi connectivity index (χ4n) is 2.41. The second-order valence-electron chi connectivity index (χ2n) is 6.05. The Morgan fingerprint density at radius 2 is 1.03 bits per heavy atom. The number of hydrogen-bond acceptors (Lipinski definition) is 9. The number of nitrogen functional groups attached to an aromatic ring is 2. The van der Waals surface area contributed by atoms with Crippen molar-refractivity contribution >= 4 is 52.5 Å². The quantitative estimate of drug-likeness (QED) is 0.223. The van der Waals surface area contributed by atoms with Crippen LogP contribution in [0.3, 0.4) is 0 Å². The predicted octanol–water partition coefficient (Wildman–Crippen LogP) is 1.14. The highest BCUT2D eigenvalue weighted by atomic mass is 32.2. The first kappa shape index (κ1) is 24.3. The molecule has 3 aromatic rings. The van der Waals surface area contributed by atoms with Crippen LogP contribution in [-0.2, 0) is 30.4 Å². The lowest BCUT2D eigenvalue weighted by Crippen LogP contribution is -2.02. The molecule has 3 rings (SSSR count). The van der Waals surface area contributed by atoms with E-state index in [1.165, 1.54) is 24.3 Å². The van der Waals surface area contributed by atoms with Crippen LogP contribution in [0.5, 0.6) is 5.75 Å². The average Bonchev–Trinajstić information content (AvgIpc) is 2.59. The van der Waals surface area contributed by atoms with E-state index < -0.39 is 45.9 Å². The highest BCUT2D eigenvalue weighted by Gasteiger charge is 2.18. The van der Waals surface area contributed by atoms with Crippen molar-refractivity contribution in [3.63, 3.8) is 0 Å². The van der Waals surface area contributed by atoms with Gasteiger partial charge in [-0.3, -0.25) is 13.7 Å². The van der Waals surface area contributed by atoms with Gasteiger partial charge in [0.2, 0.25) is 0 Å². The predicted molar refractivity (Wildman–Crippen MR) is 110 cm³/mol. The fraction of sp³-hybridized carbons (Fsp3) is 0. The summed E-state index contributed by atoms with van der Waals surface area (Å²) < 4.78 is 91.5. The number of nitrogens with two attached hydrogens (primary N) is 2. The van der Waals surface area contributed by atoms with Crippen molar-refractivity contribution in [2.75, 3.05) is 11.5 Å². The van der Waals surface area contributed by atoms with Gasteiger partial charge in [-0.1, -0.05) is 0 Å². The van der Waals surface area contributed by atoms with E-state index >= 15 is 0 Å². The van der Waals surface area contributed by atoms with Gasteiger partial charge in [-0.05, 0) is 47.9 Å². The zero-order chi connectivity index (χ0) is 23.8.